The highest BCUT2D eigenvalue weighted by atomic mass is 16.6. The quantitative estimate of drug-likeness (QED) is 0.613. The van der Waals surface area contributed by atoms with Crippen LogP contribution < -0.4 is 4.90 Å². The van der Waals surface area contributed by atoms with Gasteiger partial charge in [-0.25, -0.2) is 0 Å². The van der Waals surface area contributed by atoms with Crippen LogP contribution in [0.15, 0.2) is 18.2 Å². The van der Waals surface area contributed by atoms with Crippen molar-refractivity contribution in [3.8, 4) is 0 Å². The van der Waals surface area contributed by atoms with Crippen molar-refractivity contribution < 1.29 is 4.92 Å². The predicted molar refractivity (Wildman–Crippen MR) is 81.4 cm³/mol. The van der Waals surface area contributed by atoms with Crippen molar-refractivity contribution >= 4 is 11.4 Å². The zero-order chi connectivity index (χ0) is 14.7. The number of nitro benzene ring substituents is 1. The van der Waals surface area contributed by atoms with Gasteiger partial charge in [0.15, 0.2) is 0 Å². The molecule has 1 saturated heterocycles. The fourth-order valence-corrected chi connectivity index (χ4v) is 3.05. The number of hydrogen-bond donors (Lipinski definition) is 0. The molecular formula is C15H23N3O2. The van der Waals surface area contributed by atoms with E-state index >= 15 is 0 Å². The van der Waals surface area contributed by atoms with Gasteiger partial charge in [0.1, 0.15) is 5.69 Å². The third-order valence-electron chi connectivity index (χ3n) is 4.16. The summed E-state index contributed by atoms with van der Waals surface area (Å²) in [6.07, 6.45) is 1.08. The molecule has 1 aliphatic rings. The Balaban J connectivity index is 2.20. The molecule has 110 valence electrons. The molecule has 5 nitrogen and oxygen atoms in total. The van der Waals surface area contributed by atoms with Crippen molar-refractivity contribution in [1.82, 2.24) is 4.90 Å². The molecule has 1 aliphatic heterocycles. The number of nitro groups is 1. The van der Waals surface area contributed by atoms with Crippen molar-refractivity contribution in [2.75, 3.05) is 31.1 Å². The van der Waals surface area contributed by atoms with Gasteiger partial charge in [-0.2, -0.15) is 0 Å². The van der Waals surface area contributed by atoms with Crippen LogP contribution in [-0.4, -0.2) is 42.0 Å². The Morgan fingerprint density at radius 3 is 2.70 bits per heavy atom. The molecule has 1 heterocycles. The zero-order valence-corrected chi connectivity index (χ0v) is 12.5. The van der Waals surface area contributed by atoms with Gasteiger partial charge >= 0.3 is 0 Å². The van der Waals surface area contributed by atoms with Gasteiger partial charge in [0.05, 0.1) is 4.92 Å². The highest BCUT2D eigenvalue weighted by molar-refractivity contribution is 5.64. The lowest BCUT2D eigenvalue weighted by atomic mass is 10.2. The molecule has 1 aromatic carbocycles. The second-order valence-electron chi connectivity index (χ2n) is 5.36. The summed E-state index contributed by atoms with van der Waals surface area (Å²) < 4.78 is 0. The number of anilines is 1. The number of nitrogens with zero attached hydrogens (tertiary/aromatic N) is 3. The fraction of sp³-hybridized carbons (Fsp3) is 0.600. The molecule has 1 atom stereocenters. The summed E-state index contributed by atoms with van der Waals surface area (Å²) in [4.78, 5) is 15.5. The van der Waals surface area contributed by atoms with Crippen LogP contribution in [0.4, 0.5) is 11.4 Å². The van der Waals surface area contributed by atoms with E-state index < -0.39 is 0 Å². The Kier molecular flexibility index (Phi) is 4.60. The van der Waals surface area contributed by atoms with Crippen molar-refractivity contribution in [2.24, 2.45) is 0 Å². The van der Waals surface area contributed by atoms with E-state index in [4.69, 9.17) is 0 Å². The van der Waals surface area contributed by atoms with Gasteiger partial charge in [0.25, 0.3) is 5.69 Å². The molecule has 1 fully saturated rings. The SMILES string of the molecule is CCN(CC)C1CCN(c2ccc(C)cc2[N+](=O)[O-])C1. The molecule has 0 saturated carbocycles. The van der Waals surface area contributed by atoms with Gasteiger partial charge in [-0.05, 0) is 38.1 Å². The van der Waals surface area contributed by atoms with E-state index in [2.05, 4.69) is 23.6 Å². The number of rotatable bonds is 5. The van der Waals surface area contributed by atoms with Crippen molar-refractivity contribution in [3.63, 3.8) is 0 Å². The highest BCUT2D eigenvalue weighted by Crippen LogP contribution is 2.32. The third kappa shape index (κ3) is 2.93. The normalized spacial score (nSPS) is 18.8. The third-order valence-corrected chi connectivity index (χ3v) is 4.16. The van der Waals surface area contributed by atoms with Crippen molar-refractivity contribution in [3.05, 3.63) is 33.9 Å². The van der Waals surface area contributed by atoms with Crippen LogP contribution in [0, 0.1) is 17.0 Å². The van der Waals surface area contributed by atoms with Crippen molar-refractivity contribution in [2.45, 2.75) is 33.2 Å². The number of likely N-dealkylation sites (N-methyl/N-ethyl adjacent to an activating group) is 1. The summed E-state index contributed by atoms with van der Waals surface area (Å²) in [7, 11) is 0. The molecule has 0 N–H and O–H groups in total. The molecular weight excluding hydrogens is 254 g/mol. The zero-order valence-electron chi connectivity index (χ0n) is 12.5. The summed E-state index contributed by atoms with van der Waals surface area (Å²) in [5.41, 5.74) is 1.92. The minimum atomic E-state index is -0.271. The molecule has 0 amide bonds. The summed E-state index contributed by atoms with van der Waals surface area (Å²) in [6, 6.07) is 6.01. The van der Waals surface area contributed by atoms with Crippen molar-refractivity contribution in [1.29, 1.82) is 0 Å². The minimum Gasteiger partial charge on any atom is -0.364 e. The number of benzene rings is 1. The second-order valence-corrected chi connectivity index (χ2v) is 5.36. The van der Waals surface area contributed by atoms with Crippen LogP contribution in [-0.2, 0) is 0 Å². The second kappa shape index (κ2) is 6.22. The molecule has 5 heteroatoms. The van der Waals surface area contributed by atoms with E-state index in [1.165, 1.54) is 0 Å². The average Bonchev–Trinajstić information content (AvgIpc) is 2.89. The van der Waals surface area contributed by atoms with Gasteiger partial charge in [-0.15, -0.1) is 0 Å². The fourth-order valence-electron chi connectivity index (χ4n) is 3.05. The van der Waals surface area contributed by atoms with Crippen LogP contribution in [0.1, 0.15) is 25.8 Å². The van der Waals surface area contributed by atoms with Gasteiger partial charge in [0, 0.05) is 25.2 Å². The molecule has 0 spiro atoms. The Hall–Kier alpha value is -1.62. The van der Waals surface area contributed by atoms with Gasteiger partial charge in [-0.3, -0.25) is 15.0 Å². The van der Waals surface area contributed by atoms with E-state index in [0.29, 0.717) is 6.04 Å². The smallest absolute Gasteiger partial charge is 0.292 e. The maximum atomic E-state index is 11.2. The standard InChI is InChI=1S/C15H23N3O2/c1-4-16(5-2)13-8-9-17(11-13)14-7-6-12(3)10-15(14)18(19)20/h6-7,10,13H,4-5,8-9,11H2,1-3H3. The van der Waals surface area contributed by atoms with Gasteiger partial charge in [0.2, 0.25) is 0 Å². The van der Waals surface area contributed by atoms with E-state index in [-0.39, 0.29) is 10.6 Å². The van der Waals surface area contributed by atoms with E-state index in [0.717, 1.165) is 43.9 Å². The summed E-state index contributed by atoms with van der Waals surface area (Å²) in [5.74, 6) is 0. The van der Waals surface area contributed by atoms with Gasteiger partial charge < -0.3 is 4.90 Å². The Morgan fingerprint density at radius 2 is 2.10 bits per heavy atom. The average molecular weight is 277 g/mol. The first-order chi connectivity index (χ1) is 9.56. The molecule has 0 aromatic heterocycles. The Bertz CT molecular complexity index is 486. The van der Waals surface area contributed by atoms with Crippen LogP contribution in [0.3, 0.4) is 0 Å². The van der Waals surface area contributed by atoms with Crippen LogP contribution in [0.25, 0.3) is 0 Å². The largest absolute Gasteiger partial charge is 0.364 e. The van der Waals surface area contributed by atoms with Crippen LogP contribution >= 0.6 is 0 Å². The molecule has 1 unspecified atom stereocenters. The van der Waals surface area contributed by atoms with E-state index in [1.807, 2.05) is 19.1 Å². The van der Waals surface area contributed by atoms with Crippen LogP contribution in [0.2, 0.25) is 0 Å². The number of aryl methyl sites for hydroxylation is 1. The Morgan fingerprint density at radius 1 is 1.40 bits per heavy atom. The molecule has 0 bridgehead atoms. The van der Waals surface area contributed by atoms with E-state index in [1.54, 1.807) is 6.07 Å². The Labute approximate surface area is 120 Å². The first-order valence-corrected chi connectivity index (χ1v) is 7.30. The van der Waals surface area contributed by atoms with Crippen LogP contribution in [0.5, 0.6) is 0 Å². The topological polar surface area (TPSA) is 49.6 Å². The summed E-state index contributed by atoms with van der Waals surface area (Å²) in [6.45, 7) is 10.1. The molecule has 20 heavy (non-hydrogen) atoms. The molecule has 0 aliphatic carbocycles. The van der Waals surface area contributed by atoms with Gasteiger partial charge in [-0.1, -0.05) is 19.9 Å². The molecule has 2 rings (SSSR count). The maximum absolute atomic E-state index is 11.2. The monoisotopic (exact) mass is 277 g/mol. The number of hydrogen-bond acceptors (Lipinski definition) is 4. The first kappa shape index (κ1) is 14.8. The molecule has 0 radical (unpaired) electrons. The summed E-state index contributed by atoms with van der Waals surface area (Å²) >= 11 is 0. The van der Waals surface area contributed by atoms with E-state index in [9.17, 15) is 10.1 Å². The maximum Gasteiger partial charge on any atom is 0.292 e. The minimum absolute atomic E-state index is 0.227. The molecule has 1 aromatic rings. The predicted octanol–water partition coefficient (Wildman–Crippen LogP) is 2.82. The lowest BCUT2D eigenvalue weighted by molar-refractivity contribution is -0.384. The highest BCUT2D eigenvalue weighted by Gasteiger charge is 2.29. The summed E-state index contributed by atoms with van der Waals surface area (Å²) in [5, 5.41) is 11.2. The lowest BCUT2D eigenvalue weighted by Gasteiger charge is -2.26. The first-order valence-electron chi connectivity index (χ1n) is 7.30. The lowest BCUT2D eigenvalue weighted by Crippen LogP contribution is -2.37.